The summed E-state index contributed by atoms with van der Waals surface area (Å²) >= 11 is 0. The van der Waals surface area contributed by atoms with Crippen LogP contribution in [0.5, 0.6) is 23.0 Å². The van der Waals surface area contributed by atoms with Gasteiger partial charge in [-0.15, -0.1) is 0 Å². The first-order valence-electron chi connectivity index (χ1n) is 7.89. The molecule has 0 aromatic heterocycles. The van der Waals surface area contributed by atoms with Crippen LogP contribution in [0.25, 0.3) is 0 Å². The summed E-state index contributed by atoms with van der Waals surface area (Å²) < 4.78 is 21.5. The summed E-state index contributed by atoms with van der Waals surface area (Å²) in [5.74, 6) is 3.02. The summed E-state index contributed by atoms with van der Waals surface area (Å²) in [6.07, 6.45) is 0.880. The Morgan fingerprint density at radius 1 is 0.750 bits per heavy atom. The van der Waals surface area contributed by atoms with Gasteiger partial charge < -0.3 is 24.3 Å². The Bertz CT molecular complexity index is 730. The normalized spacial score (nSPS) is 16.2. The molecule has 2 aromatic rings. The molecule has 5 heteroatoms. The quantitative estimate of drug-likeness (QED) is 0.913. The molecule has 0 aliphatic carbocycles. The highest BCUT2D eigenvalue weighted by atomic mass is 16.5. The predicted molar refractivity (Wildman–Crippen MR) is 92.4 cm³/mol. The Morgan fingerprint density at radius 3 is 1.96 bits per heavy atom. The Balaban J connectivity index is 1.89. The zero-order chi connectivity index (χ0) is 17.1. The van der Waals surface area contributed by atoms with Crippen molar-refractivity contribution in [3.8, 4) is 23.0 Å². The summed E-state index contributed by atoms with van der Waals surface area (Å²) in [7, 11) is 6.62. The van der Waals surface area contributed by atoms with Gasteiger partial charge >= 0.3 is 0 Å². The Morgan fingerprint density at radius 2 is 1.33 bits per heavy atom. The van der Waals surface area contributed by atoms with E-state index in [4.69, 9.17) is 18.9 Å². The van der Waals surface area contributed by atoms with Crippen molar-refractivity contribution < 1.29 is 18.9 Å². The molecule has 0 bridgehead atoms. The fraction of sp³-hybridized carbons (Fsp3) is 0.368. The van der Waals surface area contributed by atoms with Gasteiger partial charge in [0, 0.05) is 12.6 Å². The molecule has 0 saturated carbocycles. The topological polar surface area (TPSA) is 49.0 Å². The van der Waals surface area contributed by atoms with Gasteiger partial charge in [0.05, 0.1) is 28.4 Å². The summed E-state index contributed by atoms with van der Waals surface area (Å²) in [6, 6.07) is 10.4. The van der Waals surface area contributed by atoms with E-state index in [1.807, 2.05) is 18.2 Å². The standard InChI is InChI=1S/C19H23NO4/c1-21-16-6-5-12(8-17(16)22-2)15-7-13-9-18(23-3)19(24-4)10-14(13)11-20-15/h5-6,8-10,15,20H,7,11H2,1-4H3/t15-/m0/s1. The number of rotatable bonds is 5. The van der Waals surface area contributed by atoms with Crippen LogP contribution in [0.2, 0.25) is 0 Å². The molecule has 3 rings (SSSR count). The van der Waals surface area contributed by atoms with E-state index in [0.717, 1.165) is 36.0 Å². The maximum atomic E-state index is 5.43. The molecule has 0 saturated heterocycles. The zero-order valence-corrected chi connectivity index (χ0v) is 14.5. The van der Waals surface area contributed by atoms with Gasteiger partial charge in [0.1, 0.15) is 0 Å². The highest BCUT2D eigenvalue weighted by molar-refractivity contribution is 5.50. The van der Waals surface area contributed by atoms with Crippen molar-refractivity contribution in [2.45, 2.75) is 19.0 Å². The second-order valence-corrected chi connectivity index (χ2v) is 5.73. The maximum Gasteiger partial charge on any atom is 0.161 e. The molecule has 1 aliphatic heterocycles. The largest absolute Gasteiger partial charge is 0.493 e. The van der Waals surface area contributed by atoms with Crippen LogP contribution in [0.15, 0.2) is 30.3 Å². The van der Waals surface area contributed by atoms with Crippen molar-refractivity contribution in [3.63, 3.8) is 0 Å². The molecule has 1 aliphatic rings. The van der Waals surface area contributed by atoms with Crippen LogP contribution in [-0.2, 0) is 13.0 Å². The van der Waals surface area contributed by atoms with Crippen LogP contribution in [0.3, 0.4) is 0 Å². The SMILES string of the molecule is COc1ccc([C@@H]2Cc3cc(OC)c(OC)cc3CN2)cc1OC. The molecule has 24 heavy (non-hydrogen) atoms. The lowest BCUT2D eigenvalue weighted by Crippen LogP contribution is -2.28. The molecule has 0 radical (unpaired) electrons. The van der Waals surface area contributed by atoms with E-state index in [1.54, 1.807) is 28.4 Å². The van der Waals surface area contributed by atoms with Crippen LogP contribution in [0.1, 0.15) is 22.7 Å². The molecule has 128 valence electrons. The summed E-state index contributed by atoms with van der Waals surface area (Å²) in [6.45, 7) is 0.786. The molecule has 1 heterocycles. The first-order valence-corrected chi connectivity index (χ1v) is 7.89. The third kappa shape index (κ3) is 2.99. The average molecular weight is 329 g/mol. The van der Waals surface area contributed by atoms with Gasteiger partial charge in [-0.05, 0) is 47.4 Å². The number of fused-ring (bicyclic) bond motifs is 1. The predicted octanol–water partition coefficient (Wildman–Crippen LogP) is 3.11. The first-order chi connectivity index (χ1) is 11.7. The monoisotopic (exact) mass is 329 g/mol. The molecule has 5 nitrogen and oxygen atoms in total. The van der Waals surface area contributed by atoms with Crippen LogP contribution < -0.4 is 24.3 Å². The van der Waals surface area contributed by atoms with Gasteiger partial charge in [0.25, 0.3) is 0 Å². The molecule has 0 unspecified atom stereocenters. The van der Waals surface area contributed by atoms with Crippen LogP contribution >= 0.6 is 0 Å². The summed E-state index contributed by atoms with van der Waals surface area (Å²) in [5, 5.41) is 3.58. The van der Waals surface area contributed by atoms with Crippen LogP contribution in [-0.4, -0.2) is 28.4 Å². The fourth-order valence-electron chi connectivity index (χ4n) is 3.15. The summed E-state index contributed by atoms with van der Waals surface area (Å²) in [5.41, 5.74) is 3.68. The lowest BCUT2D eigenvalue weighted by Gasteiger charge is -2.28. The number of benzene rings is 2. The van der Waals surface area contributed by atoms with Crippen molar-refractivity contribution in [1.82, 2.24) is 5.32 Å². The third-order valence-electron chi connectivity index (χ3n) is 4.48. The van der Waals surface area contributed by atoms with E-state index in [0.29, 0.717) is 0 Å². The lowest BCUT2D eigenvalue weighted by atomic mass is 9.91. The summed E-state index contributed by atoms with van der Waals surface area (Å²) in [4.78, 5) is 0. The highest BCUT2D eigenvalue weighted by Gasteiger charge is 2.22. The van der Waals surface area contributed by atoms with Gasteiger partial charge in [-0.1, -0.05) is 6.07 Å². The smallest absolute Gasteiger partial charge is 0.161 e. The molecule has 0 spiro atoms. The van der Waals surface area contributed by atoms with E-state index in [-0.39, 0.29) is 6.04 Å². The number of ether oxygens (including phenoxy) is 4. The Hall–Kier alpha value is -2.40. The van der Waals surface area contributed by atoms with Crippen molar-refractivity contribution >= 4 is 0 Å². The molecule has 1 atom stereocenters. The minimum atomic E-state index is 0.218. The molecule has 0 fully saturated rings. The van der Waals surface area contributed by atoms with E-state index in [9.17, 15) is 0 Å². The molecular weight excluding hydrogens is 306 g/mol. The maximum absolute atomic E-state index is 5.43. The van der Waals surface area contributed by atoms with E-state index in [1.165, 1.54) is 16.7 Å². The molecule has 2 aromatic carbocycles. The first kappa shape index (κ1) is 16.5. The van der Waals surface area contributed by atoms with E-state index < -0.39 is 0 Å². The number of hydrogen-bond acceptors (Lipinski definition) is 5. The molecule has 0 amide bonds. The fourth-order valence-corrected chi connectivity index (χ4v) is 3.15. The van der Waals surface area contributed by atoms with Crippen molar-refractivity contribution in [2.24, 2.45) is 0 Å². The second-order valence-electron chi connectivity index (χ2n) is 5.73. The number of methoxy groups -OCH3 is 4. The second kappa shape index (κ2) is 7.01. The van der Waals surface area contributed by atoms with Crippen molar-refractivity contribution in [3.05, 3.63) is 47.0 Å². The average Bonchev–Trinajstić information content (AvgIpc) is 2.65. The van der Waals surface area contributed by atoms with Gasteiger partial charge in [-0.3, -0.25) is 0 Å². The van der Waals surface area contributed by atoms with Gasteiger partial charge in [-0.25, -0.2) is 0 Å². The van der Waals surface area contributed by atoms with Gasteiger partial charge in [0.2, 0.25) is 0 Å². The van der Waals surface area contributed by atoms with Gasteiger partial charge in [-0.2, -0.15) is 0 Å². The van der Waals surface area contributed by atoms with Crippen LogP contribution in [0, 0.1) is 0 Å². The highest BCUT2D eigenvalue weighted by Crippen LogP contribution is 2.37. The van der Waals surface area contributed by atoms with Crippen molar-refractivity contribution in [2.75, 3.05) is 28.4 Å². The minimum absolute atomic E-state index is 0.218. The lowest BCUT2D eigenvalue weighted by molar-refractivity contribution is 0.351. The van der Waals surface area contributed by atoms with E-state index in [2.05, 4.69) is 17.4 Å². The molecular formula is C19H23NO4. The minimum Gasteiger partial charge on any atom is -0.493 e. The zero-order valence-electron chi connectivity index (χ0n) is 14.5. The van der Waals surface area contributed by atoms with Crippen molar-refractivity contribution in [1.29, 1.82) is 0 Å². The number of hydrogen-bond donors (Lipinski definition) is 1. The van der Waals surface area contributed by atoms with Gasteiger partial charge in [0.15, 0.2) is 23.0 Å². The van der Waals surface area contributed by atoms with Crippen LogP contribution in [0.4, 0.5) is 0 Å². The third-order valence-corrected chi connectivity index (χ3v) is 4.48. The Kier molecular flexibility index (Phi) is 4.81. The molecule has 1 N–H and O–H groups in total. The number of nitrogens with one attached hydrogen (secondary N) is 1. The Labute approximate surface area is 142 Å². The van der Waals surface area contributed by atoms with E-state index >= 15 is 0 Å².